The van der Waals surface area contributed by atoms with Gasteiger partial charge in [0.25, 0.3) is 0 Å². The molecule has 2 aliphatic rings. The molecule has 3 unspecified atom stereocenters. The molecule has 0 bridgehead atoms. The smallest absolute Gasteiger partial charge is 0.0121 e. The van der Waals surface area contributed by atoms with Crippen molar-refractivity contribution >= 4 is 0 Å². The van der Waals surface area contributed by atoms with Crippen LogP contribution < -0.4 is 10.6 Å². The van der Waals surface area contributed by atoms with Crippen molar-refractivity contribution in [3.8, 4) is 0 Å². The number of hydrogen-bond acceptors (Lipinski definition) is 3. The van der Waals surface area contributed by atoms with Gasteiger partial charge in [-0.2, -0.15) is 0 Å². The van der Waals surface area contributed by atoms with Crippen LogP contribution >= 0.6 is 0 Å². The Labute approximate surface area is 125 Å². The van der Waals surface area contributed by atoms with Gasteiger partial charge in [-0.15, -0.1) is 0 Å². The van der Waals surface area contributed by atoms with Gasteiger partial charge >= 0.3 is 0 Å². The van der Waals surface area contributed by atoms with Crippen LogP contribution in [0.2, 0.25) is 0 Å². The quantitative estimate of drug-likeness (QED) is 0.751. The molecule has 3 heteroatoms. The number of nitrogens with zero attached hydrogens (tertiary/aromatic N) is 1. The number of rotatable bonds is 7. The average Bonchev–Trinajstić information content (AvgIpc) is 2.48. The van der Waals surface area contributed by atoms with Crippen molar-refractivity contribution in [3.63, 3.8) is 0 Å². The van der Waals surface area contributed by atoms with Crippen LogP contribution in [0.3, 0.4) is 0 Å². The Morgan fingerprint density at radius 2 is 1.95 bits per heavy atom. The summed E-state index contributed by atoms with van der Waals surface area (Å²) in [7, 11) is 0. The lowest BCUT2D eigenvalue weighted by Gasteiger charge is -2.37. The number of nitrogens with one attached hydrogen (secondary N) is 2. The second kappa shape index (κ2) is 9.01. The molecule has 0 aromatic rings. The van der Waals surface area contributed by atoms with Crippen LogP contribution in [0, 0.1) is 11.8 Å². The van der Waals surface area contributed by atoms with Crippen molar-refractivity contribution in [2.75, 3.05) is 39.3 Å². The first kappa shape index (κ1) is 16.3. The minimum atomic E-state index is 0.784. The largest absolute Gasteiger partial charge is 0.314 e. The Morgan fingerprint density at radius 3 is 2.65 bits per heavy atom. The van der Waals surface area contributed by atoms with E-state index in [0.29, 0.717) is 0 Å². The standard InChI is InChI=1S/C17H35N3/c1-3-6-16(17-15(2)7-4-9-19-17)8-5-12-20-13-10-18-11-14-20/h15-19H,3-14H2,1-2H3. The summed E-state index contributed by atoms with van der Waals surface area (Å²) < 4.78 is 0. The van der Waals surface area contributed by atoms with Crippen molar-refractivity contribution in [1.82, 2.24) is 15.5 Å². The molecular formula is C17H35N3. The Morgan fingerprint density at radius 1 is 1.15 bits per heavy atom. The lowest BCUT2D eigenvalue weighted by atomic mass is 9.79. The molecule has 0 radical (unpaired) electrons. The maximum atomic E-state index is 3.82. The van der Waals surface area contributed by atoms with Crippen LogP contribution in [0.4, 0.5) is 0 Å². The molecule has 0 spiro atoms. The van der Waals surface area contributed by atoms with E-state index < -0.39 is 0 Å². The Hall–Kier alpha value is -0.120. The van der Waals surface area contributed by atoms with E-state index in [1.165, 1.54) is 77.8 Å². The highest BCUT2D eigenvalue weighted by atomic mass is 15.2. The van der Waals surface area contributed by atoms with Crippen LogP contribution in [-0.2, 0) is 0 Å². The van der Waals surface area contributed by atoms with Crippen LogP contribution in [0.1, 0.15) is 52.4 Å². The van der Waals surface area contributed by atoms with Gasteiger partial charge < -0.3 is 15.5 Å². The molecule has 3 atom stereocenters. The number of piperazine rings is 1. The molecule has 0 aliphatic carbocycles. The molecule has 2 heterocycles. The summed E-state index contributed by atoms with van der Waals surface area (Å²) in [6, 6.07) is 0.784. The highest BCUT2D eigenvalue weighted by Crippen LogP contribution is 2.28. The van der Waals surface area contributed by atoms with Gasteiger partial charge in [0, 0.05) is 32.2 Å². The molecule has 0 aromatic heterocycles. The van der Waals surface area contributed by atoms with E-state index in [4.69, 9.17) is 0 Å². The van der Waals surface area contributed by atoms with E-state index in [1.807, 2.05) is 0 Å². The van der Waals surface area contributed by atoms with Crippen molar-refractivity contribution in [1.29, 1.82) is 0 Å². The van der Waals surface area contributed by atoms with Gasteiger partial charge in [-0.25, -0.2) is 0 Å². The highest BCUT2D eigenvalue weighted by Gasteiger charge is 2.28. The molecule has 2 fully saturated rings. The first-order valence-corrected chi connectivity index (χ1v) is 8.97. The molecular weight excluding hydrogens is 246 g/mol. The molecule has 118 valence electrons. The first-order chi connectivity index (χ1) is 9.81. The Balaban J connectivity index is 1.73. The van der Waals surface area contributed by atoms with Crippen LogP contribution in [0.25, 0.3) is 0 Å². The topological polar surface area (TPSA) is 27.3 Å². The maximum Gasteiger partial charge on any atom is 0.0121 e. The van der Waals surface area contributed by atoms with Gasteiger partial charge in [0.1, 0.15) is 0 Å². The van der Waals surface area contributed by atoms with Gasteiger partial charge in [-0.1, -0.05) is 20.3 Å². The van der Waals surface area contributed by atoms with Crippen LogP contribution in [0.5, 0.6) is 0 Å². The summed E-state index contributed by atoms with van der Waals surface area (Å²) in [5.74, 6) is 1.78. The molecule has 20 heavy (non-hydrogen) atoms. The molecule has 0 saturated carbocycles. The van der Waals surface area contributed by atoms with Gasteiger partial charge in [-0.05, 0) is 57.0 Å². The predicted molar refractivity (Wildman–Crippen MR) is 87.1 cm³/mol. The zero-order chi connectivity index (χ0) is 14.2. The van der Waals surface area contributed by atoms with E-state index in [0.717, 1.165) is 17.9 Å². The third-order valence-electron chi connectivity index (χ3n) is 5.26. The lowest BCUT2D eigenvalue weighted by Crippen LogP contribution is -2.46. The van der Waals surface area contributed by atoms with Gasteiger partial charge in [0.05, 0.1) is 0 Å². The van der Waals surface area contributed by atoms with Crippen molar-refractivity contribution in [2.24, 2.45) is 11.8 Å². The SMILES string of the molecule is CCCC(CCCN1CCNCC1)C1NCCCC1C. The molecule has 3 nitrogen and oxygen atoms in total. The van der Waals surface area contributed by atoms with Gasteiger partial charge in [-0.3, -0.25) is 0 Å². The summed E-state index contributed by atoms with van der Waals surface area (Å²) >= 11 is 0. The minimum absolute atomic E-state index is 0.784. The van der Waals surface area contributed by atoms with E-state index in [9.17, 15) is 0 Å². The van der Waals surface area contributed by atoms with Crippen molar-refractivity contribution in [3.05, 3.63) is 0 Å². The summed E-state index contributed by atoms with van der Waals surface area (Å²) in [5.41, 5.74) is 0. The molecule has 2 saturated heterocycles. The highest BCUT2D eigenvalue weighted by molar-refractivity contribution is 4.84. The molecule has 0 amide bonds. The fourth-order valence-electron chi connectivity index (χ4n) is 4.09. The number of hydrogen-bond donors (Lipinski definition) is 2. The Kier molecular flexibility index (Phi) is 7.32. The predicted octanol–water partition coefficient (Wildman–Crippen LogP) is 2.48. The summed E-state index contributed by atoms with van der Waals surface area (Å²) in [6.45, 7) is 12.2. The van der Waals surface area contributed by atoms with Crippen LogP contribution in [-0.4, -0.2) is 50.2 Å². The number of piperidine rings is 1. The average molecular weight is 281 g/mol. The fraction of sp³-hybridized carbons (Fsp3) is 1.00. The summed E-state index contributed by atoms with van der Waals surface area (Å²) in [5, 5.41) is 7.26. The minimum Gasteiger partial charge on any atom is -0.314 e. The fourth-order valence-corrected chi connectivity index (χ4v) is 4.09. The lowest BCUT2D eigenvalue weighted by molar-refractivity contribution is 0.184. The van der Waals surface area contributed by atoms with Gasteiger partial charge in [0.15, 0.2) is 0 Å². The monoisotopic (exact) mass is 281 g/mol. The summed E-state index contributed by atoms with van der Waals surface area (Å²) in [6.07, 6.45) is 8.34. The second-order valence-electron chi connectivity index (χ2n) is 6.88. The first-order valence-electron chi connectivity index (χ1n) is 8.97. The zero-order valence-electron chi connectivity index (χ0n) is 13.7. The molecule has 2 rings (SSSR count). The zero-order valence-corrected chi connectivity index (χ0v) is 13.7. The third-order valence-corrected chi connectivity index (χ3v) is 5.26. The summed E-state index contributed by atoms with van der Waals surface area (Å²) in [4.78, 5) is 2.64. The maximum absolute atomic E-state index is 3.82. The van der Waals surface area contributed by atoms with E-state index in [1.54, 1.807) is 0 Å². The van der Waals surface area contributed by atoms with Crippen molar-refractivity contribution in [2.45, 2.75) is 58.4 Å². The molecule has 2 aliphatic heterocycles. The van der Waals surface area contributed by atoms with Crippen LogP contribution in [0.15, 0.2) is 0 Å². The normalized spacial score (nSPS) is 30.3. The second-order valence-corrected chi connectivity index (χ2v) is 6.88. The third kappa shape index (κ3) is 5.01. The van der Waals surface area contributed by atoms with E-state index in [2.05, 4.69) is 29.4 Å². The van der Waals surface area contributed by atoms with E-state index in [-0.39, 0.29) is 0 Å². The molecule has 0 aromatic carbocycles. The van der Waals surface area contributed by atoms with Gasteiger partial charge in [0.2, 0.25) is 0 Å². The van der Waals surface area contributed by atoms with E-state index >= 15 is 0 Å². The molecule has 2 N–H and O–H groups in total. The van der Waals surface area contributed by atoms with Crippen molar-refractivity contribution < 1.29 is 0 Å². The Bertz CT molecular complexity index is 251.